The maximum absolute atomic E-state index is 12.5. The highest BCUT2D eigenvalue weighted by Gasteiger charge is 2.12. The molecule has 0 saturated carbocycles. The van der Waals surface area contributed by atoms with E-state index in [1.165, 1.54) is 13.2 Å². The Kier molecular flexibility index (Phi) is 5.96. The highest BCUT2D eigenvalue weighted by molar-refractivity contribution is 6.06. The number of nitrogens with zero attached hydrogens (tertiary/aromatic N) is 1. The Balaban J connectivity index is 2.23. The first-order chi connectivity index (χ1) is 12.1. The normalized spacial score (nSPS) is 9.64. The lowest BCUT2D eigenvalue weighted by atomic mass is 10.1. The van der Waals surface area contributed by atoms with Gasteiger partial charge in [0.2, 0.25) is 0 Å². The molecule has 0 heterocycles. The zero-order valence-electron chi connectivity index (χ0n) is 13.8. The molecule has 2 aromatic carbocycles. The number of carbonyl (C=O) groups excluding carboxylic acids is 2. The topological polar surface area (TPSA) is 100 Å². The van der Waals surface area contributed by atoms with Crippen molar-refractivity contribution >= 4 is 23.4 Å². The third-order valence-electron chi connectivity index (χ3n) is 3.21. The summed E-state index contributed by atoms with van der Waals surface area (Å²) >= 11 is 0. The summed E-state index contributed by atoms with van der Waals surface area (Å²) in [5, 5.41) is 14.2. The van der Waals surface area contributed by atoms with Gasteiger partial charge >= 0.3 is 6.09 Å². The highest BCUT2D eigenvalue weighted by atomic mass is 16.5. The molecule has 7 heteroatoms. The molecule has 0 aromatic heterocycles. The maximum Gasteiger partial charge on any atom is 0.411 e. The van der Waals surface area contributed by atoms with Crippen molar-refractivity contribution in [2.45, 2.75) is 6.92 Å². The van der Waals surface area contributed by atoms with Gasteiger partial charge in [0, 0.05) is 11.3 Å². The second-order valence-electron chi connectivity index (χ2n) is 4.91. The number of nitrogens with one attached hydrogen (secondary N) is 2. The first kappa shape index (κ1) is 17.8. The van der Waals surface area contributed by atoms with E-state index in [-0.39, 0.29) is 0 Å². The van der Waals surface area contributed by atoms with Crippen molar-refractivity contribution in [1.82, 2.24) is 0 Å². The fourth-order valence-electron chi connectivity index (χ4n) is 2.08. The van der Waals surface area contributed by atoms with Crippen molar-refractivity contribution in [3.63, 3.8) is 0 Å². The predicted molar refractivity (Wildman–Crippen MR) is 92.7 cm³/mol. The van der Waals surface area contributed by atoms with Gasteiger partial charge in [-0.2, -0.15) is 5.26 Å². The molecule has 0 fully saturated rings. The largest absolute Gasteiger partial charge is 0.492 e. The predicted octanol–water partition coefficient (Wildman–Crippen LogP) is 3.39. The number of nitriles is 1. The zero-order chi connectivity index (χ0) is 18.2. The third-order valence-corrected chi connectivity index (χ3v) is 3.21. The molecule has 0 atom stereocenters. The van der Waals surface area contributed by atoms with Crippen molar-refractivity contribution in [2.75, 3.05) is 24.4 Å². The average Bonchev–Trinajstić information content (AvgIpc) is 2.63. The molecule has 0 saturated heterocycles. The Morgan fingerprint density at radius 2 is 1.96 bits per heavy atom. The Morgan fingerprint density at radius 3 is 2.64 bits per heavy atom. The van der Waals surface area contributed by atoms with E-state index in [4.69, 9.17) is 10.00 Å². The number of anilines is 2. The second-order valence-corrected chi connectivity index (χ2v) is 4.91. The summed E-state index contributed by atoms with van der Waals surface area (Å²) in [5.41, 5.74) is 1.56. The monoisotopic (exact) mass is 339 g/mol. The Bertz CT molecular complexity index is 827. The van der Waals surface area contributed by atoms with Gasteiger partial charge in [-0.05, 0) is 43.3 Å². The van der Waals surface area contributed by atoms with Gasteiger partial charge in [-0.15, -0.1) is 0 Å². The van der Waals surface area contributed by atoms with Crippen molar-refractivity contribution < 1.29 is 19.1 Å². The maximum atomic E-state index is 12.5. The molecular weight excluding hydrogens is 322 g/mol. The fraction of sp³-hybridized carbons (Fsp3) is 0.167. The van der Waals surface area contributed by atoms with Gasteiger partial charge in [-0.3, -0.25) is 10.1 Å². The van der Waals surface area contributed by atoms with Crippen LogP contribution in [0.1, 0.15) is 22.8 Å². The Hall–Kier alpha value is -3.53. The van der Waals surface area contributed by atoms with Crippen LogP contribution in [0.15, 0.2) is 42.5 Å². The number of ether oxygens (including phenoxy) is 2. The molecule has 0 aliphatic carbocycles. The highest BCUT2D eigenvalue weighted by Crippen LogP contribution is 2.26. The number of methoxy groups -OCH3 is 1. The van der Waals surface area contributed by atoms with Crippen LogP contribution >= 0.6 is 0 Å². The first-order valence-corrected chi connectivity index (χ1v) is 7.50. The third kappa shape index (κ3) is 4.72. The lowest BCUT2D eigenvalue weighted by molar-refractivity contribution is 0.102. The molecule has 2 rings (SSSR count). The summed E-state index contributed by atoms with van der Waals surface area (Å²) in [7, 11) is 1.25. The molecule has 0 bridgehead atoms. The molecule has 0 spiro atoms. The van der Waals surface area contributed by atoms with Gasteiger partial charge in [0.05, 0.1) is 31.0 Å². The van der Waals surface area contributed by atoms with Gasteiger partial charge in [0.1, 0.15) is 5.75 Å². The van der Waals surface area contributed by atoms with E-state index in [0.717, 1.165) is 0 Å². The van der Waals surface area contributed by atoms with Gasteiger partial charge in [-0.1, -0.05) is 6.07 Å². The van der Waals surface area contributed by atoms with Crippen LogP contribution in [0.4, 0.5) is 16.2 Å². The van der Waals surface area contributed by atoms with E-state index in [1.54, 1.807) is 36.4 Å². The van der Waals surface area contributed by atoms with Gasteiger partial charge in [-0.25, -0.2) is 4.79 Å². The smallest absolute Gasteiger partial charge is 0.411 e. The number of carbonyl (C=O) groups is 2. The van der Waals surface area contributed by atoms with Crippen LogP contribution in [0, 0.1) is 11.3 Å². The summed E-state index contributed by atoms with van der Waals surface area (Å²) in [6.45, 7) is 2.25. The molecule has 0 unspecified atom stereocenters. The lowest BCUT2D eigenvalue weighted by Crippen LogP contribution is -2.15. The van der Waals surface area contributed by atoms with Crippen molar-refractivity contribution in [1.29, 1.82) is 5.26 Å². The van der Waals surface area contributed by atoms with Crippen LogP contribution in [-0.4, -0.2) is 25.7 Å². The fourth-order valence-corrected chi connectivity index (χ4v) is 2.08. The zero-order valence-corrected chi connectivity index (χ0v) is 13.8. The summed E-state index contributed by atoms with van der Waals surface area (Å²) < 4.78 is 9.99. The van der Waals surface area contributed by atoms with Crippen LogP contribution in [-0.2, 0) is 4.74 Å². The van der Waals surface area contributed by atoms with Crippen LogP contribution in [0.5, 0.6) is 5.75 Å². The Labute approximate surface area is 145 Å². The van der Waals surface area contributed by atoms with E-state index in [1.807, 2.05) is 13.0 Å². The van der Waals surface area contributed by atoms with Crippen LogP contribution < -0.4 is 15.4 Å². The molecule has 0 aliphatic heterocycles. The number of hydrogen-bond acceptors (Lipinski definition) is 5. The number of hydrogen-bond donors (Lipinski definition) is 2. The summed E-state index contributed by atoms with van der Waals surface area (Å²) in [6.07, 6.45) is -0.627. The molecule has 2 N–H and O–H groups in total. The lowest BCUT2D eigenvalue weighted by Gasteiger charge is -2.12. The average molecular weight is 339 g/mol. The number of rotatable bonds is 5. The molecule has 0 radical (unpaired) electrons. The molecule has 2 aromatic rings. The number of benzene rings is 2. The van der Waals surface area contributed by atoms with Crippen molar-refractivity contribution in [3.05, 3.63) is 53.6 Å². The molecule has 2 amide bonds. The second kappa shape index (κ2) is 8.36. The number of amides is 2. The SMILES string of the molecule is CCOc1ccc(C#N)cc1NC(=O)c1cccc(NC(=O)OC)c1. The van der Waals surface area contributed by atoms with E-state index in [2.05, 4.69) is 15.4 Å². The molecule has 128 valence electrons. The Morgan fingerprint density at radius 1 is 1.16 bits per heavy atom. The summed E-state index contributed by atoms with van der Waals surface area (Å²) in [4.78, 5) is 23.7. The van der Waals surface area contributed by atoms with E-state index < -0.39 is 12.0 Å². The molecule has 0 aliphatic rings. The standard InChI is InChI=1S/C18H17N3O4/c1-3-25-16-8-7-12(11-19)9-15(16)21-17(22)13-5-4-6-14(10-13)20-18(23)24-2/h4-10H,3H2,1-2H3,(H,20,23)(H,21,22). The van der Waals surface area contributed by atoms with E-state index in [0.29, 0.717) is 34.9 Å². The van der Waals surface area contributed by atoms with Crippen LogP contribution in [0.2, 0.25) is 0 Å². The minimum atomic E-state index is -0.627. The van der Waals surface area contributed by atoms with Gasteiger partial charge in [0.15, 0.2) is 0 Å². The van der Waals surface area contributed by atoms with Crippen molar-refractivity contribution in [3.8, 4) is 11.8 Å². The minimum absolute atomic E-state index is 0.332. The molecular formula is C18H17N3O4. The minimum Gasteiger partial charge on any atom is -0.492 e. The van der Waals surface area contributed by atoms with Crippen LogP contribution in [0.3, 0.4) is 0 Å². The summed E-state index contributed by atoms with van der Waals surface area (Å²) in [5.74, 6) is 0.0725. The first-order valence-electron chi connectivity index (χ1n) is 7.50. The van der Waals surface area contributed by atoms with E-state index in [9.17, 15) is 9.59 Å². The van der Waals surface area contributed by atoms with Gasteiger partial charge in [0.25, 0.3) is 5.91 Å². The van der Waals surface area contributed by atoms with Gasteiger partial charge < -0.3 is 14.8 Å². The molecule has 25 heavy (non-hydrogen) atoms. The van der Waals surface area contributed by atoms with E-state index >= 15 is 0 Å². The van der Waals surface area contributed by atoms with Crippen molar-refractivity contribution in [2.24, 2.45) is 0 Å². The quantitative estimate of drug-likeness (QED) is 0.869. The molecule has 7 nitrogen and oxygen atoms in total. The van der Waals surface area contributed by atoms with Crippen LogP contribution in [0.25, 0.3) is 0 Å². The summed E-state index contributed by atoms with van der Waals surface area (Å²) in [6, 6.07) is 13.2.